The molecular formula is C21H29N3O3. The molecule has 146 valence electrons. The largest absolute Gasteiger partial charge is 0.375 e. The summed E-state index contributed by atoms with van der Waals surface area (Å²) in [6.07, 6.45) is 7.16. The fourth-order valence-corrected chi connectivity index (χ4v) is 4.36. The fraction of sp³-hybridized carbons (Fsp3) is 0.619. The smallest absolute Gasteiger partial charge is 0.321 e. The SMILES string of the molecule is Cc1ccc(NC(=O)C2CCCC2)cc1NC(=O)N1CCC2(CCO2)CC1. The standard InChI is InChI=1S/C21H29N3O3/c1-15-6-7-17(22-19(25)16-4-2-3-5-16)14-18(15)23-20(26)24-11-8-21(9-12-24)10-13-27-21/h6-7,14,16H,2-5,8-13H2,1H3,(H,22,25)(H,23,26). The highest BCUT2D eigenvalue weighted by atomic mass is 16.5. The normalized spacial score (nSPS) is 21.7. The van der Waals surface area contributed by atoms with E-state index >= 15 is 0 Å². The average Bonchev–Trinajstić information content (AvgIpc) is 3.18. The van der Waals surface area contributed by atoms with Crippen molar-refractivity contribution in [2.24, 2.45) is 5.92 Å². The summed E-state index contributed by atoms with van der Waals surface area (Å²) in [6.45, 7) is 4.27. The quantitative estimate of drug-likeness (QED) is 0.846. The first-order valence-electron chi connectivity index (χ1n) is 10.2. The third-order valence-electron chi connectivity index (χ3n) is 6.40. The van der Waals surface area contributed by atoms with E-state index in [1.807, 2.05) is 30.0 Å². The fourth-order valence-electron chi connectivity index (χ4n) is 4.36. The molecule has 1 aromatic carbocycles. The van der Waals surface area contributed by atoms with Gasteiger partial charge in [-0.2, -0.15) is 0 Å². The topological polar surface area (TPSA) is 70.7 Å². The molecule has 2 N–H and O–H groups in total. The van der Waals surface area contributed by atoms with Crippen LogP contribution in [0, 0.1) is 12.8 Å². The minimum absolute atomic E-state index is 0.0388. The van der Waals surface area contributed by atoms with Gasteiger partial charge in [0.15, 0.2) is 0 Å². The number of piperidine rings is 1. The van der Waals surface area contributed by atoms with Gasteiger partial charge in [0.1, 0.15) is 0 Å². The molecule has 6 nitrogen and oxygen atoms in total. The molecule has 3 amide bonds. The summed E-state index contributed by atoms with van der Waals surface area (Å²) >= 11 is 0. The second kappa shape index (κ2) is 7.50. The second-order valence-corrected chi connectivity index (χ2v) is 8.20. The molecule has 0 aromatic heterocycles. The molecule has 27 heavy (non-hydrogen) atoms. The van der Waals surface area contributed by atoms with Crippen LogP contribution in [0.15, 0.2) is 18.2 Å². The van der Waals surface area contributed by atoms with Crippen molar-refractivity contribution in [3.8, 4) is 0 Å². The van der Waals surface area contributed by atoms with Crippen molar-refractivity contribution < 1.29 is 14.3 Å². The molecule has 3 fully saturated rings. The molecule has 0 radical (unpaired) electrons. The molecule has 0 atom stereocenters. The lowest BCUT2D eigenvalue weighted by atomic mass is 9.84. The van der Waals surface area contributed by atoms with Crippen LogP contribution in [0.5, 0.6) is 0 Å². The minimum Gasteiger partial charge on any atom is -0.375 e. The minimum atomic E-state index is -0.0773. The molecule has 1 spiro atoms. The highest BCUT2D eigenvalue weighted by molar-refractivity contribution is 5.95. The first kappa shape index (κ1) is 18.3. The Morgan fingerprint density at radius 3 is 2.44 bits per heavy atom. The zero-order valence-corrected chi connectivity index (χ0v) is 16.1. The lowest BCUT2D eigenvalue weighted by Crippen LogP contribution is -2.54. The highest BCUT2D eigenvalue weighted by Crippen LogP contribution is 2.36. The number of urea groups is 1. The summed E-state index contributed by atoms with van der Waals surface area (Å²) in [5.41, 5.74) is 2.52. The van der Waals surface area contributed by atoms with Crippen LogP contribution in [0.3, 0.4) is 0 Å². The predicted molar refractivity (Wildman–Crippen MR) is 105 cm³/mol. The molecule has 3 aliphatic rings. The van der Waals surface area contributed by atoms with E-state index in [0.29, 0.717) is 0 Å². The Hall–Kier alpha value is -2.08. The third kappa shape index (κ3) is 3.95. The van der Waals surface area contributed by atoms with Gasteiger partial charge >= 0.3 is 6.03 Å². The first-order valence-corrected chi connectivity index (χ1v) is 10.2. The van der Waals surface area contributed by atoms with Crippen LogP contribution < -0.4 is 10.6 Å². The molecule has 1 saturated carbocycles. The summed E-state index contributed by atoms with van der Waals surface area (Å²) < 4.78 is 5.72. The Balaban J connectivity index is 1.36. The molecule has 0 unspecified atom stereocenters. The van der Waals surface area contributed by atoms with Crippen molar-refractivity contribution in [3.05, 3.63) is 23.8 Å². The molecule has 1 aromatic rings. The number of benzene rings is 1. The van der Waals surface area contributed by atoms with Crippen LogP contribution >= 0.6 is 0 Å². The van der Waals surface area contributed by atoms with Crippen molar-refractivity contribution >= 4 is 23.3 Å². The number of carbonyl (C=O) groups is 2. The zero-order chi connectivity index (χ0) is 18.9. The molecule has 2 aliphatic heterocycles. The monoisotopic (exact) mass is 371 g/mol. The van der Waals surface area contributed by atoms with Crippen molar-refractivity contribution in [1.29, 1.82) is 0 Å². The van der Waals surface area contributed by atoms with Gasteiger partial charge in [0.2, 0.25) is 5.91 Å². The lowest BCUT2D eigenvalue weighted by Gasteiger charge is -2.47. The van der Waals surface area contributed by atoms with Gasteiger partial charge in [0.25, 0.3) is 0 Å². The van der Waals surface area contributed by atoms with Crippen LogP contribution in [0.2, 0.25) is 0 Å². The summed E-state index contributed by atoms with van der Waals surface area (Å²) in [7, 11) is 0. The van der Waals surface area contributed by atoms with E-state index in [2.05, 4.69) is 10.6 Å². The molecule has 2 saturated heterocycles. The van der Waals surface area contributed by atoms with Crippen LogP contribution in [0.4, 0.5) is 16.2 Å². The van der Waals surface area contributed by atoms with Crippen molar-refractivity contribution in [1.82, 2.24) is 4.90 Å². The van der Waals surface area contributed by atoms with E-state index in [1.165, 1.54) is 0 Å². The number of nitrogens with zero attached hydrogens (tertiary/aromatic N) is 1. The Morgan fingerprint density at radius 2 is 1.81 bits per heavy atom. The Bertz CT molecular complexity index is 713. The van der Waals surface area contributed by atoms with Crippen LogP contribution in [-0.2, 0) is 9.53 Å². The van der Waals surface area contributed by atoms with Crippen LogP contribution in [0.25, 0.3) is 0 Å². The number of rotatable bonds is 3. The number of hydrogen-bond acceptors (Lipinski definition) is 3. The number of likely N-dealkylation sites (tertiary alicyclic amines) is 1. The average molecular weight is 371 g/mol. The van der Waals surface area contributed by atoms with Gasteiger partial charge in [-0.25, -0.2) is 4.79 Å². The number of carbonyl (C=O) groups excluding carboxylic acids is 2. The summed E-state index contributed by atoms with van der Waals surface area (Å²) in [6, 6.07) is 5.62. The maximum atomic E-state index is 12.7. The predicted octanol–water partition coefficient (Wildman–Crippen LogP) is 3.91. The Labute approximate surface area is 160 Å². The zero-order valence-electron chi connectivity index (χ0n) is 16.1. The van der Waals surface area contributed by atoms with E-state index in [4.69, 9.17) is 4.74 Å². The number of anilines is 2. The Morgan fingerprint density at radius 1 is 1.11 bits per heavy atom. The number of aryl methyl sites for hydroxylation is 1. The lowest BCUT2D eigenvalue weighted by molar-refractivity contribution is -0.168. The number of hydrogen-bond donors (Lipinski definition) is 2. The number of nitrogens with one attached hydrogen (secondary N) is 2. The van der Waals surface area contributed by atoms with Gasteiger partial charge in [-0.1, -0.05) is 18.9 Å². The summed E-state index contributed by atoms with van der Waals surface area (Å²) in [4.78, 5) is 26.9. The molecule has 0 bridgehead atoms. The van der Waals surface area contributed by atoms with E-state index < -0.39 is 0 Å². The van der Waals surface area contributed by atoms with Gasteiger partial charge in [-0.15, -0.1) is 0 Å². The number of amides is 3. The van der Waals surface area contributed by atoms with Crippen LogP contribution in [0.1, 0.15) is 50.5 Å². The molecule has 4 rings (SSSR count). The first-order chi connectivity index (χ1) is 13.0. The van der Waals surface area contributed by atoms with Gasteiger partial charge in [0.05, 0.1) is 12.2 Å². The summed E-state index contributed by atoms with van der Waals surface area (Å²) in [5.74, 6) is 0.217. The molecular weight excluding hydrogens is 342 g/mol. The van der Waals surface area contributed by atoms with Crippen molar-refractivity contribution in [2.75, 3.05) is 30.3 Å². The van der Waals surface area contributed by atoms with Crippen molar-refractivity contribution in [2.45, 2.75) is 57.5 Å². The maximum Gasteiger partial charge on any atom is 0.321 e. The third-order valence-corrected chi connectivity index (χ3v) is 6.40. The highest BCUT2D eigenvalue weighted by Gasteiger charge is 2.41. The van der Waals surface area contributed by atoms with E-state index in [1.54, 1.807) is 0 Å². The molecule has 2 heterocycles. The van der Waals surface area contributed by atoms with Crippen molar-refractivity contribution in [3.63, 3.8) is 0 Å². The van der Waals surface area contributed by atoms with Gasteiger partial charge in [-0.3, -0.25) is 4.79 Å². The van der Waals surface area contributed by atoms with E-state index in [0.717, 1.165) is 81.6 Å². The number of ether oxygens (including phenoxy) is 1. The Kier molecular flexibility index (Phi) is 5.08. The molecule has 1 aliphatic carbocycles. The van der Waals surface area contributed by atoms with Gasteiger partial charge in [0, 0.05) is 30.4 Å². The van der Waals surface area contributed by atoms with E-state index in [-0.39, 0.29) is 23.5 Å². The van der Waals surface area contributed by atoms with Gasteiger partial charge < -0.3 is 20.3 Å². The van der Waals surface area contributed by atoms with Crippen LogP contribution in [-0.4, -0.2) is 42.1 Å². The molecule has 6 heteroatoms. The second-order valence-electron chi connectivity index (χ2n) is 8.20. The van der Waals surface area contributed by atoms with E-state index in [9.17, 15) is 9.59 Å². The van der Waals surface area contributed by atoms with Gasteiger partial charge in [-0.05, 0) is 56.7 Å². The maximum absolute atomic E-state index is 12.7. The summed E-state index contributed by atoms with van der Waals surface area (Å²) in [5, 5.41) is 6.03.